The molecule has 0 spiro atoms. The van der Waals surface area contributed by atoms with Gasteiger partial charge in [-0.3, -0.25) is 4.79 Å². The molecule has 3 heteroatoms. The minimum Gasteiger partial charge on any atom is -0.377 e. The SMILES string of the molecule is CCCOCc1ccccc1CNC(=O)CC1C=CCC1. The molecule has 0 heterocycles. The van der Waals surface area contributed by atoms with Crippen LogP contribution in [0.25, 0.3) is 0 Å². The molecule has 3 nitrogen and oxygen atoms in total. The highest BCUT2D eigenvalue weighted by atomic mass is 16.5. The third-order valence-corrected chi connectivity index (χ3v) is 3.76. The second-order valence-electron chi connectivity index (χ2n) is 5.57. The Balaban J connectivity index is 1.81. The molecule has 1 aliphatic carbocycles. The fourth-order valence-corrected chi connectivity index (χ4v) is 2.57. The van der Waals surface area contributed by atoms with Crippen molar-refractivity contribution in [3.8, 4) is 0 Å². The van der Waals surface area contributed by atoms with Crippen LogP contribution in [-0.2, 0) is 22.7 Å². The van der Waals surface area contributed by atoms with Gasteiger partial charge in [0.25, 0.3) is 0 Å². The summed E-state index contributed by atoms with van der Waals surface area (Å²) in [6.07, 6.45) is 8.16. The van der Waals surface area contributed by atoms with E-state index in [4.69, 9.17) is 4.74 Å². The molecule has 0 aromatic heterocycles. The van der Waals surface area contributed by atoms with E-state index in [1.54, 1.807) is 0 Å². The Bertz CT molecular complexity index is 482. The lowest BCUT2D eigenvalue weighted by Gasteiger charge is -2.12. The number of allylic oxidation sites excluding steroid dienone is 2. The van der Waals surface area contributed by atoms with E-state index in [0.717, 1.165) is 37.0 Å². The van der Waals surface area contributed by atoms with Crippen molar-refractivity contribution in [2.75, 3.05) is 6.61 Å². The fraction of sp³-hybridized carbons (Fsp3) is 0.500. The molecule has 114 valence electrons. The van der Waals surface area contributed by atoms with Gasteiger partial charge in [0.05, 0.1) is 6.61 Å². The first-order chi connectivity index (χ1) is 10.3. The molecule has 1 aromatic rings. The summed E-state index contributed by atoms with van der Waals surface area (Å²) in [4.78, 5) is 12.0. The van der Waals surface area contributed by atoms with Gasteiger partial charge in [0.2, 0.25) is 5.91 Å². The van der Waals surface area contributed by atoms with Crippen molar-refractivity contribution in [3.63, 3.8) is 0 Å². The molecular weight excluding hydrogens is 262 g/mol. The Hall–Kier alpha value is -1.61. The van der Waals surface area contributed by atoms with Crippen LogP contribution in [0.2, 0.25) is 0 Å². The number of carbonyl (C=O) groups excluding carboxylic acids is 1. The van der Waals surface area contributed by atoms with Crippen molar-refractivity contribution >= 4 is 5.91 Å². The van der Waals surface area contributed by atoms with Gasteiger partial charge in [-0.25, -0.2) is 0 Å². The van der Waals surface area contributed by atoms with Crippen LogP contribution in [0.5, 0.6) is 0 Å². The molecule has 1 amide bonds. The third kappa shape index (κ3) is 5.35. The van der Waals surface area contributed by atoms with Gasteiger partial charge < -0.3 is 10.1 Å². The fourth-order valence-electron chi connectivity index (χ4n) is 2.57. The second kappa shape index (κ2) is 8.63. The zero-order valence-corrected chi connectivity index (χ0v) is 12.8. The molecule has 0 aliphatic heterocycles. The summed E-state index contributed by atoms with van der Waals surface area (Å²) >= 11 is 0. The Labute approximate surface area is 127 Å². The van der Waals surface area contributed by atoms with Gasteiger partial charge in [-0.1, -0.05) is 43.3 Å². The molecule has 1 unspecified atom stereocenters. The van der Waals surface area contributed by atoms with E-state index in [9.17, 15) is 4.79 Å². The number of ether oxygens (including phenoxy) is 1. The van der Waals surface area contributed by atoms with Crippen LogP contribution in [0.15, 0.2) is 36.4 Å². The maximum Gasteiger partial charge on any atom is 0.220 e. The molecular formula is C18H25NO2. The molecule has 0 fully saturated rings. The lowest BCUT2D eigenvalue weighted by atomic mass is 10.0. The normalized spacial score (nSPS) is 17.1. The topological polar surface area (TPSA) is 38.3 Å². The lowest BCUT2D eigenvalue weighted by Crippen LogP contribution is -2.25. The van der Waals surface area contributed by atoms with E-state index < -0.39 is 0 Å². The highest BCUT2D eigenvalue weighted by Gasteiger charge is 2.14. The van der Waals surface area contributed by atoms with E-state index in [0.29, 0.717) is 25.5 Å². The zero-order valence-electron chi connectivity index (χ0n) is 12.8. The molecule has 0 saturated carbocycles. The van der Waals surface area contributed by atoms with Crippen LogP contribution in [0.1, 0.15) is 43.7 Å². The molecule has 1 N–H and O–H groups in total. The van der Waals surface area contributed by atoms with Crippen LogP contribution in [-0.4, -0.2) is 12.5 Å². The summed E-state index contributed by atoms with van der Waals surface area (Å²) in [6, 6.07) is 8.14. The Kier molecular flexibility index (Phi) is 6.48. The van der Waals surface area contributed by atoms with Crippen molar-refractivity contribution in [1.82, 2.24) is 5.32 Å². The Morgan fingerprint density at radius 1 is 1.33 bits per heavy atom. The summed E-state index contributed by atoms with van der Waals surface area (Å²) in [6.45, 7) is 4.07. The van der Waals surface area contributed by atoms with E-state index in [2.05, 4.69) is 36.5 Å². The van der Waals surface area contributed by atoms with Gasteiger partial charge >= 0.3 is 0 Å². The van der Waals surface area contributed by atoms with Crippen LogP contribution in [0.3, 0.4) is 0 Å². The molecule has 0 bridgehead atoms. The molecule has 21 heavy (non-hydrogen) atoms. The molecule has 0 saturated heterocycles. The molecule has 1 aromatic carbocycles. The monoisotopic (exact) mass is 287 g/mol. The number of benzene rings is 1. The Morgan fingerprint density at radius 2 is 2.14 bits per heavy atom. The highest BCUT2D eigenvalue weighted by molar-refractivity contribution is 5.76. The molecule has 1 atom stereocenters. The average molecular weight is 287 g/mol. The number of hydrogen-bond donors (Lipinski definition) is 1. The van der Waals surface area contributed by atoms with Gasteiger partial charge in [-0.05, 0) is 36.3 Å². The van der Waals surface area contributed by atoms with Gasteiger partial charge in [-0.15, -0.1) is 0 Å². The predicted octanol–water partition coefficient (Wildman–Crippen LogP) is 3.59. The smallest absolute Gasteiger partial charge is 0.220 e. The van der Waals surface area contributed by atoms with Gasteiger partial charge in [-0.2, -0.15) is 0 Å². The van der Waals surface area contributed by atoms with Gasteiger partial charge in [0, 0.05) is 19.6 Å². The first kappa shape index (κ1) is 15.8. The quantitative estimate of drug-likeness (QED) is 0.586. The predicted molar refractivity (Wildman–Crippen MR) is 84.7 cm³/mol. The second-order valence-corrected chi connectivity index (χ2v) is 5.57. The molecule has 2 rings (SSSR count). The van der Waals surface area contributed by atoms with Crippen molar-refractivity contribution in [1.29, 1.82) is 0 Å². The summed E-state index contributed by atoms with van der Waals surface area (Å²) < 4.78 is 5.60. The number of hydrogen-bond acceptors (Lipinski definition) is 2. The molecule has 0 radical (unpaired) electrons. The number of rotatable bonds is 8. The van der Waals surface area contributed by atoms with Crippen LogP contribution >= 0.6 is 0 Å². The van der Waals surface area contributed by atoms with E-state index in [1.807, 2.05) is 12.1 Å². The van der Waals surface area contributed by atoms with Crippen molar-refractivity contribution < 1.29 is 9.53 Å². The average Bonchev–Trinajstić information content (AvgIpc) is 2.99. The first-order valence-electron chi connectivity index (χ1n) is 7.87. The van der Waals surface area contributed by atoms with E-state index in [1.165, 1.54) is 0 Å². The zero-order chi connectivity index (χ0) is 14.9. The van der Waals surface area contributed by atoms with Crippen LogP contribution in [0.4, 0.5) is 0 Å². The largest absolute Gasteiger partial charge is 0.377 e. The maximum atomic E-state index is 12.0. The van der Waals surface area contributed by atoms with Crippen molar-refractivity contribution in [3.05, 3.63) is 47.5 Å². The van der Waals surface area contributed by atoms with E-state index in [-0.39, 0.29) is 5.91 Å². The third-order valence-electron chi connectivity index (χ3n) is 3.76. The first-order valence-corrected chi connectivity index (χ1v) is 7.87. The van der Waals surface area contributed by atoms with Gasteiger partial charge in [0.15, 0.2) is 0 Å². The summed E-state index contributed by atoms with van der Waals surface area (Å²) in [7, 11) is 0. The van der Waals surface area contributed by atoms with Crippen molar-refractivity contribution in [2.45, 2.75) is 45.8 Å². The summed E-state index contributed by atoms with van der Waals surface area (Å²) in [5.74, 6) is 0.559. The minimum absolute atomic E-state index is 0.135. The van der Waals surface area contributed by atoms with Crippen LogP contribution < -0.4 is 5.32 Å². The molecule has 1 aliphatic rings. The maximum absolute atomic E-state index is 12.0. The highest BCUT2D eigenvalue weighted by Crippen LogP contribution is 2.20. The summed E-state index contributed by atoms with van der Waals surface area (Å²) in [5.41, 5.74) is 2.30. The van der Waals surface area contributed by atoms with Crippen LogP contribution in [0, 0.1) is 5.92 Å². The number of amides is 1. The number of nitrogens with one attached hydrogen (secondary N) is 1. The van der Waals surface area contributed by atoms with Gasteiger partial charge in [0.1, 0.15) is 0 Å². The van der Waals surface area contributed by atoms with E-state index >= 15 is 0 Å². The lowest BCUT2D eigenvalue weighted by molar-refractivity contribution is -0.121. The Morgan fingerprint density at radius 3 is 2.86 bits per heavy atom. The standard InChI is InChI=1S/C18H25NO2/c1-2-11-21-14-17-10-6-5-9-16(17)13-19-18(20)12-15-7-3-4-8-15/h3,5-7,9-10,15H,2,4,8,11-14H2,1H3,(H,19,20). The summed E-state index contributed by atoms with van der Waals surface area (Å²) in [5, 5.41) is 3.03. The minimum atomic E-state index is 0.135. The number of carbonyl (C=O) groups is 1. The van der Waals surface area contributed by atoms with Crippen molar-refractivity contribution in [2.24, 2.45) is 5.92 Å².